The molecule has 0 aliphatic carbocycles. The van der Waals surface area contributed by atoms with Crippen molar-refractivity contribution in [3.63, 3.8) is 0 Å². The van der Waals surface area contributed by atoms with Gasteiger partial charge in [-0.3, -0.25) is 4.79 Å². The Kier molecular flexibility index (Phi) is 4.26. The standard InChI is InChI=1S/C5H11N2O/c6-4-2-1-3-5(7)8/h3H,1-2,4,6H2,(H2,7,8). The topological polar surface area (TPSA) is 69.1 Å². The highest BCUT2D eigenvalue weighted by Gasteiger charge is 1.91. The third-order valence-corrected chi connectivity index (χ3v) is 0.754. The Balaban J connectivity index is 2.82. The summed E-state index contributed by atoms with van der Waals surface area (Å²) in [5.41, 5.74) is 9.94. The number of amides is 1. The molecule has 0 spiro atoms. The number of unbranched alkanes of at least 4 members (excludes halogenated alkanes) is 1. The van der Waals surface area contributed by atoms with Crippen LogP contribution in [0.15, 0.2) is 0 Å². The van der Waals surface area contributed by atoms with Gasteiger partial charge in [0, 0.05) is 6.42 Å². The van der Waals surface area contributed by atoms with Crippen LogP contribution in [0.1, 0.15) is 12.8 Å². The van der Waals surface area contributed by atoms with Gasteiger partial charge in [0.25, 0.3) is 0 Å². The third-order valence-electron chi connectivity index (χ3n) is 0.754. The monoisotopic (exact) mass is 115 g/mol. The molecule has 3 heteroatoms. The summed E-state index contributed by atoms with van der Waals surface area (Å²) < 4.78 is 0. The van der Waals surface area contributed by atoms with E-state index in [-0.39, 0.29) is 5.91 Å². The molecule has 1 radical (unpaired) electrons. The molecule has 47 valence electrons. The molecule has 8 heavy (non-hydrogen) atoms. The van der Waals surface area contributed by atoms with Crippen molar-refractivity contribution in [2.24, 2.45) is 11.5 Å². The van der Waals surface area contributed by atoms with E-state index in [1.807, 2.05) is 0 Å². The van der Waals surface area contributed by atoms with Gasteiger partial charge in [-0.05, 0) is 19.4 Å². The van der Waals surface area contributed by atoms with E-state index in [0.717, 1.165) is 6.42 Å². The molecule has 0 saturated carbocycles. The van der Waals surface area contributed by atoms with Crippen molar-refractivity contribution in [1.82, 2.24) is 0 Å². The van der Waals surface area contributed by atoms with Gasteiger partial charge in [0.1, 0.15) is 0 Å². The molecular formula is C5H11N2O. The van der Waals surface area contributed by atoms with Gasteiger partial charge < -0.3 is 11.5 Å². The highest BCUT2D eigenvalue weighted by atomic mass is 16.1. The lowest BCUT2D eigenvalue weighted by molar-refractivity contribution is -0.115. The smallest absolute Gasteiger partial charge is 0.221 e. The summed E-state index contributed by atoms with van der Waals surface area (Å²) in [6.45, 7) is 0.615. The van der Waals surface area contributed by atoms with Crippen LogP contribution in [0, 0.1) is 6.42 Å². The van der Waals surface area contributed by atoms with Crippen molar-refractivity contribution >= 4 is 5.91 Å². The van der Waals surface area contributed by atoms with Gasteiger partial charge in [-0.1, -0.05) is 0 Å². The molecule has 0 fully saturated rings. The first-order valence-electron chi connectivity index (χ1n) is 2.60. The molecule has 0 saturated heterocycles. The van der Waals surface area contributed by atoms with Crippen LogP contribution in [0.4, 0.5) is 0 Å². The molecule has 3 nitrogen and oxygen atoms in total. The first-order chi connectivity index (χ1) is 3.77. The van der Waals surface area contributed by atoms with E-state index in [0.29, 0.717) is 13.0 Å². The molecule has 0 rings (SSSR count). The number of primary amides is 1. The van der Waals surface area contributed by atoms with Crippen LogP contribution in [0.3, 0.4) is 0 Å². The maximum atomic E-state index is 10.00. The van der Waals surface area contributed by atoms with E-state index in [2.05, 4.69) is 0 Å². The van der Waals surface area contributed by atoms with Crippen molar-refractivity contribution in [2.45, 2.75) is 12.8 Å². The highest BCUT2D eigenvalue weighted by Crippen LogP contribution is 1.88. The number of nitrogens with two attached hydrogens (primary N) is 2. The largest absolute Gasteiger partial charge is 0.369 e. The van der Waals surface area contributed by atoms with Crippen molar-refractivity contribution < 1.29 is 4.79 Å². The predicted octanol–water partition coefficient (Wildman–Crippen LogP) is -0.585. The van der Waals surface area contributed by atoms with Crippen LogP contribution in [-0.2, 0) is 4.79 Å². The fraction of sp³-hybridized carbons (Fsp3) is 0.600. The Hall–Kier alpha value is -0.570. The Morgan fingerprint density at radius 2 is 2.25 bits per heavy atom. The zero-order valence-electron chi connectivity index (χ0n) is 4.76. The maximum absolute atomic E-state index is 10.00. The SMILES string of the molecule is NCCC[CH]C(N)=O. The Morgan fingerprint density at radius 3 is 2.62 bits per heavy atom. The van der Waals surface area contributed by atoms with Gasteiger partial charge in [0.05, 0.1) is 0 Å². The molecule has 0 aromatic carbocycles. The molecule has 0 aliphatic rings. The van der Waals surface area contributed by atoms with Crippen molar-refractivity contribution in [2.75, 3.05) is 6.54 Å². The Bertz CT molecular complexity index is 72.8. The molecule has 1 amide bonds. The van der Waals surface area contributed by atoms with Gasteiger partial charge in [-0.25, -0.2) is 0 Å². The molecule has 0 aromatic rings. The summed E-state index contributed by atoms with van der Waals surface area (Å²) in [5, 5.41) is 0. The third kappa shape index (κ3) is 5.43. The van der Waals surface area contributed by atoms with Crippen LogP contribution in [0.5, 0.6) is 0 Å². The van der Waals surface area contributed by atoms with Crippen molar-refractivity contribution in [3.8, 4) is 0 Å². The lowest BCUT2D eigenvalue weighted by atomic mass is 10.2. The molecule has 0 heterocycles. The molecule has 4 N–H and O–H groups in total. The fourth-order valence-electron chi connectivity index (χ4n) is 0.362. The van der Waals surface area contributed by atoms with Crippen LogP contribution in [-0.4, -0.2) is 12.5 Å². The van der Waals surface area contributed by atoms with E-state index in [9.17, 15) is 4.79 Å². The zero-order chi connectivity index (χ0) is 6.41. The van der Waals surface area contributed by atoms with Crippen LogP contribution >= 0.6 is 0 Å². The van der Waals surface area contributed by atoms with Gasteiger partial charge in [-0.15, -0.1) is 0 Å². The Morgan fingerprint density at radius 1 is 1.62 bits per heavy atom. The van der Waals surface area contributed by atoms with Crippen LogP contribution < -0.4 is 11.5 Å². The molecule has 0 atom stereocenters. The predicted molar refractivity (Wildman–Crippen MR) is 31.8 cm³/mol. The molecule has 0 aliphatic heterocycles. The number of carbonyl (C=O) groups is 1. The minimum absolute atomic E-state index is 0.363. The van der Waals surface area contributed by atoms with E-state index in [1.54, 1.807) is 0 Å². The Labute approximate surface area is 49.0 Å². The summed E-state index contributed by atoms with van der Waals surface area (Å²) in [6.07, 6.45) is 2.97. The van der Waals surface area contributed by atoms with E-state index in [4.69, 9.17) is 11.5 Å². The minimum Gasteiger partial charge on any atom is -0.369 e. The van der Waals surface area contributed by atoms with E-state index >= 15 is 0 Å². The lowest BCUT2D eigenvalue weighted by Crippen LogP contribution is -2.11. The summed E-state index contributed by atoms with van der Waals surface area (Å²) in [4.78, 5) is 10.00. The first-order valence-corrected chi connectivity index (χ1v) is 2.60. The molecular weight excluding hydrogens is 104 g/mol. The summed E-state index contributed by atoms with van der Waals surface area (Å²) in [6, 6.07) is 0. The quantitative estimate of drug-likeness (QED) is 0.481. The number of rotatable bonds is 4. The average Bonchev–Trinajstić information content (AvgIpc) is 1.66. The number of hydrogen-bond donors (Lipinski definition) is 2. The zero-order valence-corrected chi connectivity index (χ0v) is 4.76. The maximum Gasteiger partial charge on any atom is 0.221 e. The fourth-order valence-corrected chi connectivity index (χ4v) is 0.362. The lowest BCUT2D eigenvalue weighted by Gasteiger charge is -1.90. The molecule has 0 bridgehead atoms. The summed E-state index contributed by atoms with van der Waals surface area (Å²) in [7, 11) is 0. The second-order valence-electron chi connectivity index (χ2n) is 1.54. The van der Waals surface area contributed by atoms with Crippen LogP contribution in [0.25, 0.3) is 0 Å². The highest BCUT2D eigenvalue weighted by molar-refractivity contribution is 5.82. The second kappa shape index (κ2) is 4.59. The van der Waals surface area contributed by atoms with Crippen molar-refractivity contribution in [1.29, 1.82) is 0 Å². The van der Waals surface area contributed by atoms with E-state index in [1.165, 1.54) is 6.42 Å². The molecule has 0 unspecified atom stereocenters. The normalized spacial score (nSPS) is 9.12. The molecule has 0 aromatic heterocycles. The number of hydrogen-bond acceptors (Lipinski definition) is 2. The number of carbonyl (C=O) groups excluding carboxylic acids is 1. The second-order valence-corrected chi connectivity index (χ2v) is 1.54. The average molecular weight is 115 g/mol. The van der Waals surface area contributed by atoms with Gasteiger partial charge >= 0.3 is 0 Å². The van der Waals surface area contributed by atoms with Crippen molar-refractivity contribution in [3.05, 3.63) is 6.42 Å². The van der Waals surface area contributed by atoms with Gasteiger partial charge in [-0.2, -0.15) is 0 Å². The summed E-state index contributed by atoms with van der Waals surface area (Å²) >= 11 is 0. The van der Waals surface area contributed by atoms with Gasteiger partial charge in [0.2, 0.25) is 5.91 Å². The summed E-state index contributed by atoms with van der Waals surface area (Å²) in [5.74, 6) is -0.363. The first kappa shape index (κ1) is 7.43. The van der Waals surface area contributed by atoms with Crippen LogP contribution in [0.2, 0.25) is 0 Å². The van der Waals surface area contributed by atoms with Gasteiger partial charge in [0.15, 0.2) is 0 Å². The van der Waals surface area contributed by atoms with E-state index < -0.39 is 0 Å². The minimum atomic E-state index is -0.363.